The SMILES string of the molecule is Cc1ccc(-c2csc(NC(=O)C3CCN(C(=O)c4ccc(Br)cc4)CC3)n2)cc1. The molecule has 1 saturated heterocycles. The van der Waals surface area contributed by atoms with Gasteiger partial charge in [0.2, 0.25) is 5.91 Å². The quantitative estimate of drug-likeness (QED) is 0.542. The minimum Gasteiger partial charge on any atom is -0.339 e. The molecule has 0 atom stereocenters. The van der Waals surface area contributed by atoms with Crippen LogP contribution in [0.3, 0.4) is 0 Å². The molecule has 0 radical (unpaired) electrons. The third kappa shape index (κ3) is 4.79. The fraction of sp³-hybridized carbons (Fsp3) is 0.261. The molecule has 30 heavy (non-hydrogen) atoms. The Balaban J connectivity index is 1.32. The van der Waals surface area contributed by atoms with Gasteiger partial charge in [-0.2, -0.15) is 0 Å². The number of carbonyl (C=O) groups excluding carboxylic acids is 2. The molecule has 0 aliphatic carbocycles. The predicted octanol–water partition coefficient (Wildman–Crippen LogP) is 5.37. The molecule has 2 amide bonds. The van der Waals surface area contributed by atoms with Crippen LogP contribution < -0.4 is 5.32 Å². The summed E-state index contributed by atoms with van der Waals surface area (Å²) in [6.45, 7) is 3.22. The smallest absolute Gasteiger partial charge is 0.253 e. The minimum atomic E-state index is -0.106. The molecule has 0 saturated carbocycles. The van der Waals surface area contributed by atoms with Gasteiger partial charge in [-0.3, -0.25) is 9.59 Å². The van der Waals surface area contributed by atoms with Gasteiger partial charge in [-0.1, -0.05) is 45.8 Å². The molecule has 1 fully saturated rings. The molecule has 4 rings (SSSR count). The van der Waals surface area contributed by atoms with Gasteiger partial charge in [0.25, 0.3) is 5.91 Å². The lowest BCUT2D eigenvalue weighted by Gasteiger charge is -2.31. The van der Waals surface area contributed by atoms with Crippen LogP contribution in [0.1, 0.15) is 28.8 Å². The molecular formula is C23H22BrN3O2S. The first kappa shape index (κ1) is 20.8. The molecule has 1 N–H and O–H groups in total. The fourth-order valence-electron chi connectivity index (χ4n) is 3.52. The van der Waals surface area contributed by atoms with Crippen LogP contribution in [-0.2, 0) is 4.79 Å². The number of nitrogens with zero attached hydrogens (tertiary/aromatic N) is 2. The van der Waals surface area contributed by atoms with Crippen LogP contribution in [0.5, 0.6) is 0 Å². The van der Waals surface area contributed by atoms with Gasteiger partial charge < -0.3 is 10.2 Å². The Morgan fingerprint density at radius 3 is 2.40 bits per heavy atom. The van der Waals surface area contributed by atoms with Crippen LogP contribution in [0.15, 0.2) is 58.4 Å². The van der Waals surface area contributed by atoms with Crippen molar-refractivity contribution in [1.82, 2.24) is 9.88 Å². The van der Waals surface area contributed by atoms with Crippen molar-refractivity contribution in [3.63, 3.8) is 0 Å². The number of halogens is 1. The molecule has 0 spiro atoms. The number of carbonyl (C=O) groups is 2. The summed E-state index contributed by atoms with van der Waals surface area (Å²) in [7, 11) is 0. The second-order valence-electron chi connectivity index (χ2n) is 7.47. The molecule has 1 aliphatic rings. The highest BCUT2D eigenvalue weighted by Gasteiger charge is 2.28. The van der Waals surface area contributed by atoms with Crippen molar-refractivity contribution in [2.75, 3.05) is 18.4 Å². The summed E-state index contributed by atoms with van der Waals surface area (Å²) in [4.78, 5) is 31.7. The van der Waals surface area contributed by atoms with Crippen molar-refractivity contribution in [3.05, 3.63) is 69.5 Å². The van der Waals surface area contributed by atoms with E-state index in [0.717, 1.165) is 15.7 Å². The van der Waals surface area contributed by atoms with Crippen LogP contribution in [0, 0.1) is 12.8 Å². The highest BCUT2D eigenvalue weighted by atomic mass is 79.9. The topological polar surface area (TPSA) is 62.3 Å². The maximum absolute atomic E-state index is 12.7. The summed E-state index contributed by atoms with van der Waals surface area (Å²) in [5.41, 5.74) is 3.78. The monoisotopic (exact) mass is 483 g/mol. The number of rotatable bonds is 4. The fourth-order valence-corrected chi connectivity index (χ4v) is 4.50. The minimum absolute atomic E-state index is 0.0176. The highest BCUT2D eigenvalue weighted by molar-refractivity contribution is 9.10. The summed E-state index contributed by atoms with van der Waals surface area (Å²) < 4.78 is 0.946. The lowest BCUT2D eigenvalue weighted by Crippen LogP contribution is -2.41. The third-order valence-corrected chi connectivity index (χ3v) is 6.61. The Kier molecular flexibility index (Phi) is 6.29. The van der Waals surface area contributed by atoms with Crippen LogP contribution >= 0.6 is 27.3 Å². The zero-order chi connectivity index (χ0) is 21.1. The number of hydrogen-bond acceptors (Lipinski definition) is 4. The van der Waals surface area contributed by atoms with Crippen molar-refractivity contribution in [1.29, 1.82) is 0 Å². The van der Waals surface area contributed by atoms with E-state index in [2.05, 4.69) is 38.4 Å². The van der Waals surface area contributed by atoms with E-state index < -0.39 is 0 Å². The molecule has 3 aromatic rings. The van der Waals surface area contributed by atoms with E-state index in [1.807, 2.05) is 53.6 Å². The maximum atomic E-state index is 12.7. The Morgan fingerprint density at radius 1 is 1.07 bits per heavy atom. The molecule has 5 nitrogen and oxygen atoms in total. The van der Waals surface area contributed by atoms with Gasteiger partial charge in [-0.05, 0) is 44.0 Å². The van der Waals surface area contributed by atoms with E-state index in [-0.39, 0.29) is 17.7 Å². The van der Waals surface area contributed by atoms with Crippen LogP contribution in [0.4, 0.5) is 5.13 Å². The number of nitrogens with one attached hydrogen (secondary N) is 1. The maximum Gasteiger partial charge on any atom is 0.253 e. The van der Waals surface area contributed by atoms with Gasteiger partial charge in [0.05, 0.1) is 5.69 Å². The number of aryl methyl sites for hydroxylation is 1. The Morgan fingerprint density at radius 2 is 1.73 bits per heavy atom. The van der Waals surface area contributed by atoms with E-state index in [1.54, 1.807) is 0 Å². The first-order chi connectivity index (χ1) is 14.5. The van der Waals surface area contributed by atoms with Crippen molar-refractivity contribution < 1.29 is 9.59 Å². The molecule has 7 heteroatoms. The van der Waals surface area contributed by atoms with E-state index >= 15 is 0 Å². The Labute approximate surface area is 188 Å². The van der Waals surface area contributed by atoms with Gasteiger partial charge in [0, 0.05) is 40.0 Å². The first-order valence-electron chi connectivity index (χ1n) is 9.88. The number of aromatic nitrogens is 1. The molecule has 1 aromatic heterocycles. The Bertz CT molecular complexity index is 1040. The largest absolute Gasteiger partial charge is 0.339 e. The van der Waals surface area contributed by atoms with Crippen LogP contribution in [0.2, 0.25) is 0 Å². The van der Waals surface area contributed by atoms with E-state index in [9.17, 15) is 9.59 Å². The summed E-state index contributed by atoms with van der Waals surface area (Å²) in [6, 6.07) is 15.5. The number of amides is 2. The number of hydrogen-bond donors (Lipinski definition) is 1. The molecule has 1 aliphatic heterocycles. The normalized spacial score (nSPS) is 14.5. The zero-order valence-corrected chi connectivity index (χ0v) is 19.0. The van der Waals surface area contributed by atoms with E-state index in [1.165, 1.54) is 16.9 Å². The van der Waals surface area contributed by atoms with E-state index in [4.69, 9.17) is 0 Å². The summed E-state index contributed by atoms with van der Waals surface area (Å²) >= 11 is 4.82. The van der Waals surface area contributed by atoms with Gasteiger partial charge in [0.1, 0.15) is 0 Å². The van der Waals surface area contributed by atoms with Crippen LogP contribution in [0.25, 0.3) is 11.3 Å². The first-order valence-corrected chi connectivity index (χ1v) is 11.5. The third-order valence-electron chi connectivity index (χ3n) is 5.33. The summed E-state index contributed by atoms with van der Waals surface area (Å²) in [5.74, 6) is -0.106. The van der Waals surface area contributed by atoms with E-state index in [0.29, 0.717) is 36.6 Å². The molecule has 2 aromatic carbocycles. The van der Waals surface area contributed by atoms with Crippen molar-refractivity contribution >= 4 is 44.2 Å². The number of anilines is 1. The average Bonchev–Trinajstić information content (AvgIpc) is 3.23. The summed E-state index contributed by atoms with van der Waals surface area (Å²) in [5, 5.41) is 5.53. The van der Waals surface area contributed by atoms with Gasteiger partial charge in [-0.25, -0.2) is 4.98 Å². The predicted molar refractivity (Wildman–Crippen MR) is 124 cm³/mol. The molecule has 2 heterocycles. The number of thiazole rings is 1. The molecule has 0 unspecified atom stereocenters. The van der Waals surface area contributed by atoms with Crippen LogP contribution in [-0.4, -0.2) is 34.8 Å². The molecular weight excluding hydrogens is 462 g/mol. The number of likely N-dealkylation sites (tertiary alicyclic amines) is 1. The molecule has 154 valence electrons. The average molecular weight is 484 g/mol. The second-order valence-corrected chi connectivity index (χ2v) is 9.24. The van der Waals surface area contributed by atoms with Gasteiger partial charge in [-0.15, -0.1) is 11.3 Å². The van der Waals surface area contributed by atoms with Gasteiger partial charge >= 0.3 is 0 Å². The second kappa shape index (κ2) is 9.10. The Hall–Kier alpha value is -2.51. The number of piperidine rings is 1. The number of benzene rings is 2. The lowest BCUT2D eigenvalue weighted by atomic mass is 9.95. The van der Waals surface area contributed by atoms with Crippen molar-refractivity contribution in [3.8, 4) is 11.3 Å². The highest BCUT2D eigenvalue weighted by Crippen LogP contribution is 2.27. The standard InChI is InChI=1S/C23H22BrN3O2S/c1-15-2-4-16(5-3-15)20-14-30-23(25-20)26-21(28)17-10-12-27(13-11-17)22(29)18-6-8-19(24)9-7-18/h2-9,14,17H,10-13H2,1H3,(H,25,26,28). The van der Waals surface area contributed by atoms with Gasteiger partial charge in [0.15, 0.2) is 5.13 Å². The molecule has 0 bridgehead atoms. The van der Waals surface area contributed by atoms with Crippen molar-refractivity contribution in [2.24, 2.45) is 5.92 Å². The lowest BCUT2D eigenvalue weighted by molar-refractivity contribution is -0.121. The van der Waals surface area contributed by atoms with Crippen molar-refractivity contribution in [2.45, 2.75) is 19.8 Å². The summed E-state index contributed by atoms with van der Waals surface area (Å²) in [6.07, 6.45) is 1.31. The zero-order valence-electron chi connectivity index (χ0n) is 16.6.